The molecule has 0 radical (unpaired) electrons. The van der Waals surface area contributed by atoms with Crippen molar-refractivity contribution in [3.8, 4) is 5.75 Å². The highest BCUT2D eigenvalue weighted by atomic mass is 16.5. The van der Waals surface area contributed by atoms with E-state index in [-0.39, 0.29) is 18.4 Å². The Kier molecular flexibility index (Phi) is 4.88. The number of para-hydroxylation sites is 2. The van der Waals surface area contributed by atoms with Crippen LogP contribution >= 0.6 is 0 Å². The summed E-state index contributed by atoms with van der Waals surface area (Å²) in [5.74, 6) is 0.614. The summed E-state index contributed by atoms with van der Waals surface area (Å²) in [5.41, 5.74) is 2.22. The van der Waals surface area contributed by atoms with Crippen LogP contribution in [0.25, 0.3) is 0 Å². The number of ether oxygens (including phenoxy) is 1. The van der Waals surface area contributed by atoms with E-state index in [1.54, 1.807) is 7.05 Å². The molecule has 132 valence electrons. The first kappa shape index (κ1) is 17.2. The van der Waals surface area contributed by atoms with Gasteiger partial charge in [-0.15, -0.1) is 0 Å². The van der Waals surface area contributed by atoms with E-state index in [1.165, 1.54) is 4.90 Å². The minimum absolute atomic E-state index is 0.0990. The van der Waals surface area contributed by atoms with Gasteiger partial charge in [0.25, 0.3) is 11.8 Å². The molecule has 0 unspecified atom stereocenters. The lowest BCUT2D eigenvalue weighted by molar-refractivity contribution is -0.124. The fraction of sp³-hybridized carbons (Fsp3) is 0.421. The molecule has 0 aromatic heterocycles. The van der Waals surface area contributed by atoms with Gasteiger partial charge in [0.1, 0.15) is 24.1 Å². The average molecular weight is 341 g/mol. The summed E-state index contributed by atoms with van der Waals surface area (Å²) in [7, 11) is 1.68. The van der Waals surface area contributed by atoms with Crippen LogP contribution in [-0.4, -0.2) is 43.8 Å². The molecule has 1 aromatic carbocycles. The monoisotopic (exact) mass is 341 g/mol. The minimum Gasteiger partial charge on any atom is -0.489 e. The molecule has 0 saturated heterocycles. The summed E-state index contributed by atoms with van der Waals surface area (Å²) in [6, 6.07) is 6.59. The van der Waals surface area contributed by atoms with Crippen LogP contribution in [-0.2, 0) is 9.59 Å². The van der Waals surface area contributed by atoms with Crippen molar-refractivity contribution in [3.63, 3.8) is 0 Å². The Balaban J connectivity index is 1.69. The van der Waals surface area contributed by atoms with Crippen molar-refractivity contribution in [1.29, 1.82) is 0 Å². The van der Waals surface area contributed by atoms with Gasteiger partial charge in [0.2, 0.25) is 0 Å². The van der Waals surface area contributed by atoms with E-state index in [4.69, 9.17) is 4.74 Å². The van der Waals surface area contributed by atoms with Gasteiger partial charge >= 0.3 is 0 Å². The average Bonchev–Trinajstić information content (AvgIpc) is 3.01. The van der Waals surface area contributed by atoms with Crippen molar-refractivity contribution < 1.29 is 14.3 Å². The van der Waals surface area contributed by atoms with Crippen molar-refractivity contribution in [2.45, 2.75) is 26.3 Å². The number of hydrogen-bond acceptors (Lipinski definition) is 4. The number of fused-ring (bicyclic) bond motifs is 1. The largest absolute Gasteiger partial charge is 0.489 e. The third-order valence-corrected chi connectivity index (χ3v) is 4.26. The van der Waals surface area contributed by atoms with E-state index in [2.05, 4.69) is 24.2 Å². The third kappa shape index (κ3) is 3.73. The molecular weight excluding hydrogens is 318 g/mol. The number of amides is 2. The lowest BCUT2D eigenvalue weighted by Gasteiger charge is -2.20. The van der Waals surface area contributed by atoms with Crippen LogP contribution in [0.15, 0.2) is 40.9 Å². The van der Waals surface area contributed by atoms with E-state index in [9.17, 15) is 9.59 Å². The van der Waals surface area contributed by atoms with E-state index < -0.39 is 6.04 Å². The van der Waals surface area contributed by atoms with Crippen LogP contribution in [0, 0.1) is 5.92 Å². The van der Waals surface area contributed by atoms with Crippen LogP contribution in [0.5, 0.6) is 5.75 Å². The van der Waals surface area contributed by atoms with Crippen LogP contribution in [0.3, 0.4) is 0 Å². The first-order chi connectivity index (χ1) is 12.0. The summed E-state index contributed by atoms with van der Waals surface area (Å²) in [6.07, 6.45) is 2.75. The molecule has 1 N–H and O–H groups in total. The molecule has 0 bridgehead atoms. The fourth-order valence-corrected chi connectivity index (χ4v) is 3.05. The molecule has 2 aliphatic rings. The van der Waals surface area contributed by atoms with Gasteiger partial charge in [-0.05, 0) is 36.1 Å². The number of anilines is 1. The first-order valence-corrected chi connectivity index (χ1v) is 8.50. The number of nitrogens with one attached hydrogen (secondary N) is 1. The Labute approximate surface area is 147 Å². The Morgan fingerprint density at radius 3 is 2.92 bits per heavy atom. The second-order valence-electron chi connectivity index (χ2n) is 6.80. The zero-order valence-electron chi connectivity index (χ0n) is 14.8. The Morgan fingerprint density at radius 1 is 1.40 bits per heavy atom. The fourth-order valence-electron chi connectivity index (χ4n) is 3.05. The summed E-state index contributed by atoms with van der Waals surface area (Å²) >= 11 is 0. The highest BCUT2D eigenvalue weighted by Gasteiger charge is 2.31. The molecule has 3 rings (SSSR count). The molecule has 0 saturated carbocycles. The van der Waals surface area contributed by atoms with Gasteiger partial charge in [-0.25, -0.2) is 0 Å². The highest BCUT2D eigenvalue weighted by Crippen LogP contribution is 2.29. The van der Waals surface area contributed by atoms with E-state index in [0.29, 0.717) is 29.6 Å². The van der Waals surface area contributed by atoms with Gasteiger partial charge in [-0.2, -0.15) is 0 Å². The van der Waals surface area contributed by atoms with Crippen molar-refractivity contribution in [3.05, 3.63) is 35.9 Å². The maximum Gasteiger partial charge on any atom is 0.270 e. The molecule has 6 nitrogen and oxygen atoms in total. The predicted octanol–water partition coefficient (Wildman–Crippen LogP) is 1.95. The first-order valence-electron chi connectivity index (χ1n) is 8.50. The topological polar surface area (TPSA) is 71.0 Å². The Morgan fingerprint density at radius 2 is 2.16 bits per heavy atom. The zero-order valence-corrected chi connectivity index (χ0v) is 14.8. The summed E-state index contributed by atoms with van der Waals surface area (Å²) in [4.78, 5) is 30.9. The van der Waals surface area contributed by atoms with E-state index >= 15 is 0 Å². The Hall–Kier alpha value is -2.63. The molecule has 0 aliphatic carbocycles. The lowest BCUT2D eigenvalue weighted by atomic mass is 10.0. The standard InChI is InChI=1S/C19H23N3O3/c1-12(2)8-13-9-14(20-10-13)18(23)21-15-11-25-17-7-5-4-6-16(17)22(3)19(15)24/h4-7,9,12,15H,8,10-11H2,1-3H3,(H,21,23)/t15-/m0/s1. The molecule has 0 fully saturated rings. The molecule has 6 heteroatoms. The molecule has 2 amide bonds. The molecule has 1 atom stereocenters. The SMILES string of the molecule is CC(C)CC1=CC(C(=O)N[C@H]2COc3ccccc3N(C)C2=O)=NC1. The Bertz CT molecular complexity index is 752. The van der Waals surface area contributed by atoms with Gasteiger partial charge in [0.05, 0.1) is 12.2 Å². The van der Waals surface area contributed by atoms with Crippen LogP contribution in [0.1, 0.15) is 20.3 Å². The van der Waals surface area contributed by atoms with E-state index in [1.807, 2.05) is 30.3 Å². The predicted molar refractivity (Wildman–Crippen MR) is 97.1 cm³/mol. The number of hydrogen-bond donors (Lipinski definition) is 1. The van der Waals surface area contributed by atoms with Crippen LogP contribution in [0.2, 0.25) is 0 Å². The van der Waals surface area contributed by atoms with Crippen molar-refractivity contribution >= 4 is 23.2 Å². The maximum atomic E-state index is 12.6. The third-order valence-electron chi connectivity index (χ3n) is 4.26. The molecular formula is C19H23N3O3. The quantitative estimate of drug-likeness (QED) is 0.910. The number of benzene rings is 1. The number of likely N-dealkylation sites (N-methyl/N-ethyl adjacent to an activating group) is 1. The molecule has 0 spiro atoms. The molecule has 2 aliphatic heterocycles. The summed E-state index contributed by atoms with van der Waals surface area (Å²) in [6.45, 7) is 4.92. The second kappa shape index (κ2) is 7.09. The van der Waals surface area contributed by atoms with Gasteiger partial charge in [-0.1, -0.05) is 26.0 Å². The van der Waals surface area contributed by atoms with Gasteiger partial charge in [0.15, 0.2) is 0 Å². The zero-order chi connectivity index (χ0) is 18.0. The van der Waals surface area contributed by atoms with Crippen molar-refractivity contribution in [2.75, 3.05) is 25.1 Å². The van der Waals surface area contributed by atoms with E-state index in [0.717, 1.165) is 12.0 Å². The number of carbonyl (C=O) groups excluding carboxylic acids is 2. The van der Waals surface area contributed by atoms with Gasteiger partial charge in [-0.3, -0.25) is 14.6 Å². The van der Waals surface area contributed by atoms with Crippen LogP contribution in [0.4, 0.5) is 5.69 Å². The van der Waals surface area contributed by atoms with Gasteiger partial charge < -0.3 is 15.0 Å². The summed E-state index contributed by atoms with van der Waals surface area (Å²) < 4.78 is 5.71. The second-order valence-corrected chi connectivity index (χ2v) is 6.80. The van der Waals surface area contributed by atoms with Gasteiger partial charge in [0, 0.05) is 7.05 Å². The van der Waals surface area contributed by atoms with Crippen LogP contribution < -0.4 is 15.0 Å². The number of carbonyl (C=O) groups is 2. The summed E-state index contributed by atoms with van der Waals surface area (Å²) in [5, 5.41) is 2.76. The molecule has 1 aromatic rings. The molecule has 2 heterocycles. The lowest BCUT2D eigenvalue weighted by Crippen LogP contribution is -2.50. The number of nitrogens with zero attached hydrogens (tertiary/aromatic N) is 2. The minimum atomic E-state index is -0.741. The highest BCUT2D eigenvalue weighted by molar-refractivity contribution is 6.44. The van der Waals surface area contributed by atoms with Crippen molar-refractivity contribution in [1.82, 2.24) is 5.32 Å². The smallest absolute Gasteiger partial charge is 0.270 e. The van der Waals surface area contributed by atoms with Crippen molar-refractivity contribution in [2.24, 2.45) is 10.9 Å². The normalized spacial score (nSPS) is 19.8. The maximum absolute atomic E-state index is 12.6. The number of aliphatic imine (C=N–C) groups is 1. The molecule has 25 heavy (non-hydrogen) atoms. The number of rotatable bonds is 4.